The Bertz CT molecular complexity index is 228. The quantitative estimate of drug-likeness (QED) is 0.817. The van der Waals surface area contributed by atoms with Crippen LogP contribution in [-0.2, 0) is 4.74 Å². The van der Waals surface area contributed by atoms with E-state index in [9.17, 15) is 0 Å². The molecule has 1 N–H and O–H groups in total. The smallest absolute Gasteiger partial charge is 0.0697 e. The Morgan fingerprint density at radius 2 is 2.18 bits per heavy atom. The SMILES string of the molecule is CSCCC(C)NC1CCOC2(CCCC2)C1. The highest BCUT2D eigenvalue weighted by Crippen LogP contribution is 2.40. The first-order valence-corrected chi connectivity index (χ1v) is 8.52. The first-order valence-electron chi connectivity index (χ1n) is 7.13. The van der Waals surface area contributed by atoms with Crippen molar-refractivity contribution < 1.29 is 4.74 Å². The van der Waals surface area contributed by atoms with Crippen molar-refractivity contribution >= 4 is 11.8 Å². The van der Waals surface area contributed by atoms with Gasteiger partial charge in [-0.25, -0.2) is 0 Å². The third-order valence-electron chi connectivity index (χ3n) is 4.28. The highest BCUT2D eigenvalue weighted by atomic mass is 32.2. The molecule has 1 saturated carbocycles. The summed E-state index contributed by atoms with van der Waals surface area (Å²) in [6.07, 6.45) is 11.3. The van der Waals surface area contributed by atoms with Crippen molar-refractivity contribution in [1.82, 2.24) is 5.32 Å². The normalized spacial score (nSPS) is 29.6. The lowest BCUT2D eigenvalue weighted by Gasteiger charge is -2.39. The van der Waals surface area contributed by atoms with Crippen molar-refractivity contribution in [1.29, 1.82) is 0 Å². The molecule has 1 aliphatic heterocycles. The number of thioether (sulfide) groups is 1. The van der Waals surface area contributed by atoms with Gasteiger partial charge in [0, 0.05) is 18.7 Å². The van der Waals surface area contributed by atoms with Gasteiger partial charge in [0.05, 0.1) is 5.60 Å². The fourth-order valence-corrected chi connectivity index (χ4v) is 3.91. The van der Waals surface area contributed by atoms with Crippen LogP contribution in [0.25, 0.3) is 0 Å². The second kappa shape index (κ2) is 6.44. The van der Waals surface area contributed by atoms with E-state index in [0.29, 0.717) is 12.1 Å². The molecule has 17 heavy (non-hydrogen) atoms. The van der Waals surface area contributed by atoms with Crippen LogP contribution in [0.4, 0.5) is 0 Å². The van der Waals surface area contributed by atoms with Gasteiger partial charge in [-0.2, -0.15) is 11.8 Å². The van der Waals surface area contributed by atoms with Crippen LogP contribution < -0.4 is 5.32 Å². The fourth-order valence-electron chi connectivity index (χ4n) is 3.32. The van der Waals surface area contributed by atoms with Gasteiger partial charge in [-0.3, -0.25) is 0 Å². The molecule has 2 atom stereocenters. The number of rotatable bonds is 5. The van der Waals surface area contributed by atoms with Crippen molar-refractivity contribution in [3.05, 3.63) is 0 Å². The fraction of sp³-hybridized carbons (Fsp3) is 1.00. The van der Waals surface area contributed by atoms with Gasteiger partial charge in [0.25, 0.3) is 0 Å². The lowest BCUT2D eigenvalue weighted by molar-refractivity contribution is -0.0845. The predicted octanol–water partition coefficient (Wildman–Crippen LogP) is 3.21. The molecule has 0 aromatic rings. The molecule has 2 fully saturated rings. The van der Waals surface area contributed by atoms with E-state index >= 15 is 0 Å². The predicted molar refractivity (Wildman–Crippen MR) is 75.8 cm³/mol. The van der Waals surface area contributed by atoms with Gasteiger partial charge < -0.3 is 10.1 Å². The molecule has 0 bridgehead atoms. The Morgan fingerprint density at radius 3 is 2.88 bits per heavy atom. The molecule has 0 amide bonds. The van der Waals surface area contributed by atoms with Crippen molar-refractivity contribution in [3.8, 4) is 0 Å². The number of hydrogen-bond donors (Lipinski definition) is 1. The summed E-state index contributed by atoms with van der Waals surface area (Å²) in [5, 5.41) is 3.81. The van der Waals surface area contributed by atoms with Crippen LogP contribution in [0.2, 0.25) is 0 Å². The topological polar surface area (TPSA) is 21.3 Å². The Morgan fingerprint density at radius 1 is 1.41 bits per heavy atom. The van der Waals surface area contributed by atoms with E-state index < -0.39 is 0 Å². The van der Waals surface area contributed by atoms with Gasteiger partial charge in [-0.1, -0.05) is 12.8 Å². The minimum absolute atomic E-state index is 0.259. The number of ether oxygens (including phenoxy) is 1. The molecule has 100 valence electrons. The molecular formula is C14H27NOS. The summed E-state index contributed by atoms with van der Waals surface area (Å²) in [5.41, 5.74) is 0.259. The minimum atomic E-state index is 0.259. The summed E-state index contributed by atoms with van der Waals surface area (Å²) in [6.45, 7) is 3.29. The Hall–Kier alpha value is 0.270. The molecule has 0 aromatic carbocycles. The van der Waals surface area contributed by atoms with Gasteiger partial charge in [0.1, 0.15) is 0 Å². The first-order chi connectivity index (χ1) is 8.24. The van der Waals surface area contributed by atoms with E-state index in [-0.39, 0.29) is 5.60 Å². The van der Waals surface area contributed by atoms with Crippen LogP contribution in [0.15, 0.2) is 0 Å². The molecule has 1 heterocycles. The molecule has 3 heteroatoms. The third-order valence-corrected chi connectivity index (χ3v) is 4.93. The monoisotopic (exact) mass is 257 g/mol. The summed E-state index contributed by atoms with van der Waals surface area (Å²) < 4.78 is 6.08. The molecule has 1 aliphatic carbocycles. The van der Waals surface area contributed by atoms with Gasteiger partial charge in [0.2, 0.25) is 0 Å². The maximum Gasteiger partial charge on any atom is 0.0697 e. The zero-order chi connectivity index (χ0) is 12.1. The van der Waals surface area contributed by atoms with E-state index in [1.165, 1.54) is 50.7 Å². The van der Waals surface area contributed by atoms with Crippen LogP contribution in [0.3, 0.4) is 0 Å². The lowest BCUT2D eigenvalue weighted by atomic mass is 9.88. The van der Waals surface area contributed by atoms with E-state index in [1.807, 2.05) is 11.8 Å². The van der Waals surface area contributed by atoms with Gasteiger partial charge >= 0.3 is 0 Å². The number of hydrogen-bond acceptors (Lipinski definition) is 3. The van der Waals surface area contributed by atoms with Crippen molar-refractivity contribution in [2.24, 2.45) is 0 Å². The average molecular weight is 257 g/mol. The van der Waals surface area contributed by atoms with Crippen LogP contribution >= 0.6 is 11.8 Å². The first kappa shape index (κ1) is 13.7. The summed E-state index contributed by atoms with van der Waals surface area (Å²) in [5.74, 6) is 1.27. The molecule has 2 nitrogen and oxygen atoms in total. The molecule has 1 spiro atoms. The van der Waals surface area contributed by atoms with Crippen LogP contribution in [0.5, 0.6) is 0 Å². The second-order valence-corrected chi connectivity index (χ2v) is 6.76. The largest absolute Gasteiger partial charge is 0.375 e. The third kappa shape index (κ3) is 3.87. The maximum atomic E-state index is 6.08. The molecule has 2 unspecified atom stereocenters. The van der Waals surface area contributed by atoms with E-state index in [2.05, 4.69) is 18.5 Å². The molecule has 2 rings (SSSR count). The maximum absolute atomic E-state index is 6.08. The highest BCUT2D eigenvalue weighted by molar-refractivity contribution is 7.98. The van der Waals surface area contributed by atoms with Crippen molar-refractivity contribution in [3.63, 3.8) is 0 Å². The Kier molecular flexibility index (Phi) is 5.19. The van der Waals surface area contributed by atoms with Crippen molar-refractivity contribution in [2.45, 2.75) is 69.6 Å². The molecule has 1 saturated heterocycles. The summed E-state index contributed by atoms with van der Waals surface area (Å²) in [7, 11) is 0. The Labute approximate surface area is 110 Å². The van der Waals surface area contributed by atoms with Crippen LogP contribution in [0.1, 0.15) is 51.9 Å². The van der Waals surface area contributed by atoms with Crippen LogP contribution in [-0.4, -0.2) is 36.3 Å². The molecule has 2 aliphatic rings. The van der Waals surface area contributed by atoms with Gasteiger partial charge in [-0.05, 0) is 51.0 Å². The van der Waals surface area contributed by atoms with E-state index in [1.54, 1.807) is 0 Å². The zero-order valence-electron chi connectivity index (χ0n) is 11.3. The average Bonchev–Trinajstić information content (AvgIpc) is 2.74. The molecular weight excluding hydrogens is 230 g/mol. The summed E-state index contributed by atoms with van der Waals surface area (Å²) in [4.78, 5) is 0. The minimum Gasteiger partial charge on any atom is -0.375 e. The van der Waals surface area contributed by atoms with Gasteiger partial charge in [0.15, 0.2) is 0 Å². The summed E-state index contributed by atoms with van der Waals surface area (Å²) >= 11 is 1.95. The lowest BCUT2D eigenvalue weighted by Crippen LogP contribution is -2.48. The number of nitrogens with one attached hydrogen (secondary N) is 1. The standard InChI is InChI=1S/C14H27NOS/c1-12(6-10-17-2)15-13-5-9-16-14(11-13)7-3-4-8-14/h12-13,15H,3-11H2,1-2H3. The van der Waals surface area contributed by atoms with E-state index in [0.717, 1.165) is 6.61 Å². The van der Waals surface area contributed by atoms with Gasteiger partial charge in [-0.15, -0.1) is 0 Å². The second-order valence-electron chi connectivity index (χ2n) is 5.78. The highest BCUT2D eigenvalue weighted by Gasteiger charge is 2.39. The zero-order valence-corrected chi connectivity index (χ0v) is 12.2. The van der Waals surface area contributed by atoms with Crippen LogP contribution in [0, 0.1) is 0 Å². The molecule has 0 aromatic heterocycles. The Balaban J connectivity index is 1.77. The van der Waals surface area contributed by atoms with Crippen molar-refractivity contribution in [2.75, 3.05) is 18.6 Å². The van der Waals surface area contributed by atoms with E-state index in [4.69, 9.17) is 4.74 Å². The summed E-state index contributed by atoms with van der Waals surface area (Å²) in [6, 6.07) is 1.35. The molecule has 0 radical (unpaired) electrons.